The number of nitrogens with zero attached hydrogens (tertiary/aromatic N) is 2. The number of ketones is 1. The summed E-state index contributed by atoms with van der Waals surface area (Å²) in [6.07, 6.45) is -0.847. The molecule has 4 nitrogen and oxygen atoms in total. The van der Waals surface area contributed by atoms with Crippen molar-refractivity contribution in [2.45, 2.75) is 32.5 Å². The van der Waals surface area contributed by atoms with Gasteiger partial charge in [0.25, 0.3) is 0 Å². The second-order valence-corrected chi connectivity index (χ2v) is 7.53. The summed E-state index contributed by atoms with van der Waals surface area (Å²) in [5.41, 5.74) is -0.477. The zero-order valence-corrected chi connectivity index (χ0v) is 16.0. The highest BCUT2D eigenvalue weighted by molar-refractivity contribution is 6.10. The van der Waals surface area contributed by atoms with Crippen LogP contribution in [0, 0.1) is 5.92 Å². The van der Waals surface area contributed by atoms with Crippen LogP contribution in [0.5, 0.6) is 0 Å². The molecule has 1 N–H and O–H groups in total. The summed E-state index contributed by atoms with van der Waals surface area (Å²) in [7, 11) is 0. The van der Waals surface area contributed by atoms with Gasteiger partial charge in [-0.25, -0.2) is 0 Å². The molecule has 1 fully saturated rings. The number of nitrogens with one attached hydrogen (secondary N) is 1. The van der Waals surface area contributed by atoms with Crippen LogP contribution in [0.15, 0.2) is 42.7 Å². The fraction of sp³-hybridized carbons (Fsp3) is 0.429. The zero-order chi connectivity index (χ0) is 20.3. The van der Waals surface area contributed by atoms with Crippen LogP contribution in [-0.4, -0.2) is 36.4 Å². The van der Waals surface area contributed by atoms with Crippen LogP contribution < -0.4 is 10.2 Å². The molecule has 3 rings (SSSR count). The van der Waals surface area contributed by atoms with Crippen molar-refractivity contribution in [2.24, 2.45) is 5.92 Å². The molecule has 0 saturated carbocycles. The van der Waals surface area contributed by atoms with Gasteiger partial charge in [0, 0.05) is 54.9 Å². The Morgan fingerprint density at radius 2 is 2.11 bits per heavy atom. The lowest BCUT2D eigenvalue weighted by Gasteiger charge is -2.36. The Morgan fingerprint density at radius 1 is 1.32 bits per heavy atom. The molecule has 0 spiro atoms. The maximum absolute atomic E-state index is 13.5. The first-order chi connectivity index (χ1) is 13.3. The van der Waals surface area contributed by atoms with E-state index in [0.717, 1.165) is 19.0 Å². The molecular formula is C21H24F3N3O. The molecule has 1 aromatic carbocycles. The number of aromatic nitrogens is 1. The molecule has 0 radical (unpaired) electrons. The van der Waals surface area contributed by atoms with Gasteiger partial charge in [0.1, 0.15) is 0 Å². The summed E-state index contributed by atoms with van der Waals surface area (Å²) >= 11 is 0. The lowest BCUT2D eigenvalue weighted by Crippen LogP contribution is -2.51. The number of carbonyl (C=O) groups excluding carboxylic acids is 1. The summed E-state index contributed by atoms with van der Waals surface area (Å²) < 4.78 is 40.5. The molecule has 1 aliphatic heterocycles. The van der Waals surface area contributed by atoms with Crippen molar-refractivity contribution < 1.29 is 18.0 Å². The summed E-state index contributed by atoms with van der Waals surface area (Å²) in [5, 5.41) is 3.45. The molecule has 2 heterocycles. The molecule has 0 bridgehead atoms. The van der Waals surface area contributed by atoms with Crippen LogP contribution in [0.2, 0.25) is 0 Å². The van der Waals surface area contributed by atoms with Gasteiger partial charge >= 0.3 is 6.18 Å². The van der Waals surface area contributed by atoms with Crippen LogP contribution in [0.3, 0.4) is 0 Å². The molecule has 28 heavy (non-hydrogen) atoms. The van der Waals surface area contributed by atoms with E-state index in [0.29, 0.717) is 24.7 Å². The average molecular weight is 391 g/mol. The minimum Gasteiger partial charge on any atom is -0.369 e. The Morgan fingerprint density at radius 3 is 2.75 bits per heavy atom. The maximum Gasteiger partial charge on any atom is 0.417 e. The van der Waals surface area contributed by atoms with Crippen LogP contribution in [0.4, 0.5) is 18.9 Å². The van der Waals surface area contributed by atoms with Crippen molar-refractivity contribution in [3.63, 3.8) is 0 Å². The number of pyridine rings is 1. The number of anilines is 1. The average Bonchev–Trinajstić information content (AvgIpc) is 2.66. The van der Waals surface area contributed by atoms with E-state index < -0.39 is 17.5 Å². The van der Waals surface area contributed by atoms with Gasteiger partial charge in [-0.1, -0.05) is 13.8 Å². The van der Waals surface area contributed by atoms with Crippen LogP contribution in [0.1, 0.15) is 41.8 Å². The lowest BCUT2D eigenvalue weighted by atomic mass is 9.97. The third-order valence-electron chi connectivity index (χ3n) is 4.85. The van der Waals surface area contributed by atoms with E-state index in [1.807, 2.05) is 4.90 Å². The Balaban J connectivity index is 1.95. The predicted molar refractivity (Wildman–Crippen MR) is 103 cm³/mol. The zero-order valence-electron chi connectivity index (χ0n) is 16.0. The SMILES string of the molecule is CC(C)C[C@H]1CN(c2ccc(C(F)(F)F)c(C(=O)c3cccnc3)c2)CCN1. The standard InChI is InChI=1S/C21H24F3N3O/c1-14(2)10-16-13-27(9-8-26-16)17-5-6-19(21(22,23)24)18(11-17)20(28)15-4-3-7-25-12-15/h3-7,11-12,14,16,26H,8-10,13H2,1-2H3/t16-/m0/s1. The normalized spacial score (nSPS) is 17.8. The van der Waals surface area contributed by atoms with Crippen molar-refractivity contribution in [3.8, 4) is 0 Å². The quantitative estimate of drug-likeness (QED) is 0.778. The highest BCUT2D eigenvalue weighted by atomic mass is 19.4. The number of benzene rings is 1. The van der Waals surface area contributed by atoms with Gasteiger partial charge < -0.3 is 10.2 Å². The number of alkyl halides is 3. The van der Waals surface area contributed by atoms with E-state index in [9.17, 15) is 18.0 Å². The number of piperazine rings is 1. The molecule has 1 saturated heterocycles. The third-order valence-corrected chi connectivity index (χ3v) is 4.85. The van der Waals surface area contributed by atoms with E-state index in [4.69, 9.17) is 0 Å². The highest BCUT2D eigenvalue weighted by Crippen LogP contribution is 2.35. The first-order valence-electron chi connectivity index (χ1n) is 9.40. The van der Waals surface area contributed by atoms with E-state index in [1.54, 1.807) is 0 Å². The van der Waals surface area contributed by atoms with Crippen molar-refractivity contribution in [1.82, 2.24) is 10.3 Å². The van der Waals surface area contributed by atoms with E-state index in [1.165, 1.54) is 36.7 Å². The summed E-state index contributed by atoms with van der Waals surface area (Å²) in [6, 6.07) is 7.13. The van der Waals surface area contributed by atoms with E-state index in [-0.39, 0.29) is 17.2 Å². The highest BCUT2D eigenvalue weighted by Gasteiger charge is 2.36. The lowest BCUT2D eigenvalue weighted by molar-refractivity contribution is -0.137. The summed E-state index contributed by atoms with van der Waals surface area (Å²) in [6.45, 7) is 6.42. The number of hydrogen-bond donors (Lipinski definition) is 1. The Hall–Kier alpha value is -2.41. The minimum atomic E-state index is -4.60. The molecule has 0 amide bonds. The number of rotatable bonds is 5. The molecule has 1 atom stereocenters. The van der Waals surface area contributed by atoms with Gasteiger partial charge in [-0.3, -0.25) is 9.78 Å². The molecular weight excluding hydrogens is 367 g/mol. The van der Waals surface area contributed by atoms with Crippen molar-refractivity contribution in [2.75, 3.05) is 24.5 Å². The fourth-order valence-electron chi connectivity index (χ4n) is 3.60. The largest absolute Gasteiger partial charge is 0.417 e. The Bertz CT molecular complexity index is 821. The fourth-order valence-corrected chi connectivity index (χ4v) is 3.60. The molecule has 0 unspecified atom stereocenters. The van der Waals surface area contributed by atoms with Crippen LogP contribution in [-0.2, 0) is 6.18 Å². The smallest absolute Gasteiger partial charge is 0.369 e. The maximum atomic E-state index is 13.5. The van der Waals surface area contributed by atoms with Gasteiger partial charge in [-0.15, -0.1) is 0 Å². The van der Waals surface area contributed by atoms with Crippen molar-refractivity contribution in [1.29, 1.82) is 0 Å². The van der Waals surface area contributed by atoms with E-state index in [2.05, 4.69) is 24.1 Å². The first kappa shape index (κ1) is 20.3. The molecule has 0 aliphatic carbocycles. The van der Waals surface area contributed by atoms with Crippen LogP contribution >= 0.6 is 0 Å². The van der Waals surface area contributed by atoms with E-state index >= 15 is 0 Å². The van der Waals surface area contributed by atoms with Gasteiger partial charge in [-0.05, 0) is 42.7 Å². The third kappa shape index (κ3) is 4.70. The molecule has 2 aromatic rings. The van der Waals surface area contributed by atoms with Gasteiger partial charge in [0.15, 0.2) is 5.78 Å². The number of carbonyl (C=O) groups is 1. The van der Waals surface area contributed by atoms with Crippen LogP contribution in [0.25, 0.3) is 0 Å². The van der Waals surface area contributed by atoms with Crippen molar-refractivity contribution >= 4 is 11.5 Å². The molecule has 1 aliphatic rings. The number of hydrogen-bond acceptors (Lipinski definition) is 4. The van der Waals surface area contributed by atoms with Crippen molar-refractivity contribution in [3.05, 3.63) is 59.4 Å². The van der Waals surface area contributed by atoms with Gasteiger partial charge in [0.2, 0.25) is 0 Å². The Kier molecular flexibility index (Phi) is 6.03. The second kappa shape index (κ2) is 8.31. The second-order valence-electron chi connectivity index (χ2n) is 7.53. The summed E-state index contributed by atoms with van der Waals surface area (Å²) in [4.78, 5) is 18.7. The summed E-state index contributed by atoms with van der Waals surface area (Å²) in [5.74, 6) is -0.149. The first-order valence-corrected chi connectivity index (χ1v) is 9.40. The molecule has 150 valence electrons. The molecule has 7 heteroatoms. The number of halogens is 3. The Labute approximate surface area is 162 Å². The molecule has 1 aromatic heterocycles. The minimum absolute atomic E-state index is 0.142. The van der Waals surface area contributed by atoms with Gasteiger partial charge in [-0.2, -0.15) is 13.2 Å². The van der Waals surface area contributed by atoms with Gasteiger partial charge in [0.05, 0.1) is 5.56 Å². The monoisotopic (exact) mass is 391 g/mol. The topological polar surface area (TPSA) is 45.2 Å². The predicted octanol–water partition coefficient (Wildman–Crippen LogP) is 4.16.